The Labute approximate surface area is 102 Å². The Hall–Kier alpha value is -1.49. The van der Waals surface area contributed by atoms with E-state index in [1.807, 2.05) is 11.6 Å². The molecule has 0 bridgehead atoms. The molecule has 1 aromatic heterocycles. The van der Waals surface area contributed by atoms with E-state index in [1.165, 1.54) is 6.07 Å². The van der Waals surface area contributed by atoms with Gasteiger partial charge in [0.05, 0.1) is 5.56 Å². The van der Waals surface area contributed by atoms with Crippen LogP contribution in [0.4, 0.5) is 13.2 Å². The van der Waals surface area contributed by atoms with Crippen LogP contribution in [0, 0.1) is 0 Å². The summed E-state index contributed by atoms with van der Waals surface area (Å²) >= 11 is 0. The van der Waals surface area contributed by atoms with Crippen LogP contribution in [0.15, 0.2) is 18.2 Å². The summed E-state index contributed by atoms with van der Waals surface area (Å²) in [6, 6.07) is 3.99. The van der Waals surface area contributed by atoms with E-state index in [2.05, 4.69) is 5.32 Å². The maximum Gasteiger partial charge on any atom is 0.416 e. The second-order valence-electron chi connectivity index (χ2n) is 4.64. The zero-order valence-corrected chi connectivity index (χ0v) is 9.93. The van der Waals surface area contributed by atoms with E-state index in [1.54, 1.807) is 6.07 Å². The summed E-state index contributed by atoms with van der Waals surface area (Å²) in [6.07, 6.45) is -3.42. The second-order valence-corrected chi connectivity index (χ2v) is 4.64. The van der Waals surface area contributed by atoms with Crippen molar-refractivity contribution in [1.29, 1.82) is 0 Å². The third-order valence-corrected chi connectivity index (χ3v) is 3.61. The van der Waals surface area contributed by atoms with Crippen molar-refractivity contribution in [1.82, 2.24) is 9.88 Å². The third kappa shape index (κ3) is 1.61. The van der Waals surface area contributed by atoms with Gasteiger partial charge in [0.15, 0.2) is 0 Å². The third-order valence-electron chi connectivity index (χ3n) is 3.61. The van der Waals surface area contributed by atoms with Crippen LogP contribution in [0.5, 0.6) is 0 Å². The summed E-state index contributed by atoms with van der Waals surface area (Å²) in [5.74, 6) is 0. The maximum absolute atomic E-state index is 12.7. The molecule has 1 aliphatic heterocycles. The first-order valence-corrected chi connectivity index (χ1v) is 5.86. The molecular weight excluding hydrogens is 241 g/mol. The number of hydrogen-bond donors (Lipinski definition) is 1. The average molecular weight is 254 g/mol. The molecule has 0 unspecified atom stereocenters. The van der Waals surface area contributed by atoms with Crippen molar-refractivity contribution in [2.75, 3.05) is 6.54 Å². The normalized spacial score (nSPS) is 16.0. The van der Waals surface area contributed by atoms with Gasteiger partial charge in [-0.3, -0.25) is 0 Å². The summed E-state index contributed by atoms with van der Waals surface area (Å²) in [4.78, 5) is 0. The molecule has 0 spiro atoms. The van der Waals surface area contributed by atoms with Gasteiger partial charge in [-0.25, -0.2) is 0 Å². The molecule has 2 nitrogen and oxygen atoms in total. The summed E-state index contributed by atoms with van der Waals surface area (Å²) in [6.45, 7) is 1.61. The van der Waals surface area contributed by atoms with Crippen LogP contribution in [-0.4, -0.2) is 11.1 Å². The van der Waals surface area contributed by atoms with Gasteiger partial charge in [-0.05, 0) is 17.7 Å². The minimum Gasteiger partial charge on any atom is -0.347 e. The number of nitrogens with zero attached hydrogens (tertiary/aromatic N) is 1. The van der Waals surface area contributed by atoms with Gasteiger partial charge in [0.25, 0.3) is 0 Å². The molecule has 5 heteroatoms. The number of aryl methyl sites for hydroxylation is 1. The summed E-state index contributed by atoms with van der Waals surface area (Å²) in [7, 11) is 1.84. The van der Waals surface area contributed by atoms with Gasteiger partial charge in [-0.15, -0.1) is 0 Å². The minimum absolute atomic E-state index is 0.582. The average Bonchev–Trinajstić information content (AvgIpc) is 2.63. The Bertz CT molecular complexity index is 611. The zero-order valence-electron chi connectivity index (χ0n) is 9.93. The molecule has 0 saturated heterocycles. The van der Waals surface area contributed by atoms with Crippen LogP contribution >= 0.6 is 0 Å². The SMILES string of the molecule is Cn1c2c(c3ccc(C(F)(F)F)cc31)CNCC2. The Morgan fingerprint density at radius 3 is 2.78 bits per heavy atom. The molecule has 96 valence electrons. The Morgan fingerprint density at radius 1 is 1.28 bits per heavy atom. The summed E-state index contributed by atoms with van der Waals surface area (Å²) < 4.78 is 40.0. The predicted molar refractivity (Wildman–Crippen MR) is 63.3 cm³/mol. The molecule has 1 N–H and O–H groups in total. The molecule has 18 heavy (non-hydrogen) atoms. The van der Waals surface area contributed by atoms with E-state index in [0.29, 0.717) is 5.52 Å². The highest BCUT2D eigenvalue weighted by atomic mass is 19.4. The number of aromatic nitrogens is 1. The van der Waals surface area contributed by atoms with E-state index in [0.717, 1.165) is 42.2 Å². The number of halogens is 3. The highest BCUT2D eigenvalue weighted by Gasteiger charge is 2.31. The maximum atomic E-state index is 12.7. The van der Waals surface area contributed by atoms with Gasteiger partial charge in [-0.1, -0.05) is 6.07 Å². The van der Waals surface area contributed by atoms with Gasteiger partial charge < -0.3 is 9.88 Å². The van der Waals surface area contributed by atoms with Crippen molar-refractivity contribution in [2.24, 2.45) is 7.05 Å². The van der Waals surface area contributed by atoms with Crippen molar-refractivity contribution < 1.29 is 13.2 Å². The van der Waals surface area contributed by atoms with Gasteiger partial charge >= 0.3 is 6.18 Å². The fraction of sp³-hybridized carbons (Fsp3) is 0.385. The molecule has 0 atom stereocenters. The molecule has 0 amide bonds. The quantitative estimate of drug-likeness (QED) is 0.765. The molecule has 2 aromatic rings. The summed E-state index contributed by atoms with van der Waals surface area (Å²) in [5, 5.41) is 4.18. The molecule has 0 radical (unpaired) electrons. The Balaban J connectivity index is 2.26. The number of fused-ring (bicyclic) bond motifs is 3. The lowest BCUT2D eigenvalue weighted by Crippen LogP contribution is -2.24. The van der Waals surface area contributed by atoms with Crippen molar-refractivity contribution >= 4 is 10.9 Å². The standard InChI is InChI=1S/C13H13F3N2/c1-18-11-4-5-17-7-10(11)9-3-2-8(6-12(9)18)13(14,15)16/h2-3,6,17H,4-5,7H2,1H3. The minimum atomic E-state index is -4.28. The van der Waals surface area contributed by atoms with Gasteiger partial charge in [0, 0.05) is 43.2 Å². The summed E-state index contributed by atoms with van der Waals surface area (Å²) in [5.41, 5.74) is 2.36. The first-order valence-electron chi connectivity index (χ1n) is 5.86. The molecule has 0 saturated carbocycles. The first-order chi connectivity index (χ1) is 8.48. The van der Waals surface area contributed by atoms with Crippen LogP contribution in [0.3, 0.4) is 0 Å². The van der Waals surface area contributed by atoms with Gasteiger partial charge in [0.2, 0.25) is 0 Å². The topological polar surface area (TPSA) is 17.0 Å². The molecule has 0 aliphatic carbocycles. The predicted octanol–water partition coefficient (Wildman–Crippen LogP) is 2.84. The van der Waals surface area contributed by atoms with E-state index in [-0.39, 0.29) is 0 Å². The number of benzene rings is 1. The molecule has 1 aromatic carbocycles. The fourth-order valence-electron chi connectivity index (χ4n) is 2.68. The van der Waals surface area contributed by atoms with Crippen LogP contribution in [0.25, 0.3) is 10.9 Å². The monoisotopic (exact) mass is 254 g/mol. The fourth-order valence-corrected chi connectivity index (χ4v) is 2.68. The van der Waals surface area contributed by atoms with E-state index in [9.17, 15) is 13.2 Å². The lowest BCUT2D eigenvalue weighted by atomic mass is 10.0. The lowest BCUT2D eigenvalue weighted by Gasteiger charge is -2.14. The molecular formula is C13H13F3N2. The van der Waals surface area contributed by atoms with Crippen molar-refractivity contribution in [3.8, 4) is 0 Å². The van der Waals surface area contributed by atoms with Crippen LogP contribution in [0.1, 0.15) is 16.8 Å². The second kappa shape index (κ2) is 3.75. The Kier molecular flexibility index (Phi) is 2.41. The molecule has 3 rings (SSSR count). The van der Waals surface area contributed by atoms with Crippen molar-refractivity contribution in [3.05, 3.63) is 35.0 Å². The zero-order chi connectivity index (χ0) is 12.9. The van der Waals surface area contributed by atoms with Crippen LogP contribution in [0.2, 0.25) is 0 Å². The van der Waals surface area contributed by atoms with Crippen molar-refractivity contribution in [2.45, 2.75) is 19.1 Å². The molecule has 1 aliphatic rings. The lowest BCUT2D eigenvalue weighted by molar-refractivity contribution is -0.137. The number of nitrogens with one attached hydrogen (secondary N) is 1. The first kappa shape index (κ1) is 11.6. The van der Waals surface area contributed by atoms with Gasteiger partial charge in [0.1, 0.15) is 0 Å². The van der Waals surface area contributed by atoms with E-state index >= 15 is 0 Å². The number of hydrogen-bond acceptors (Lipinski definition) is 1. The highest BCUT2D eigenvalue weighted by molar-refractivity contribution is 5.86. The van der Waals surface area contributed by atoms with E-state index in [4.69, 9.17) is 0 Å². The number of alkyl halides is 3. The number of rotatable bonds is 0. The van der Waals surface area contributed by atoms with Crippen LogP contribution < -0.4 is 5.32 Å². The molecule has 0 fully saturated rings. The Morgan fingerprint density at radius 2 is 2.06 bits per heavy atom. The molecule has 2 heterocycles. The smallest absolute Gasteiger partial charge is 0.347 e. The van der Waals surface area contributed by atoms with Gasteiger partial charge in [-0.2, -0.15) is 13.2 Å². The van der Waals surface area contributed by atoms with Crippen LogP contribution in [-0.2, 0) is 26.2 Å². The highest BCUT2D eigenvalue weighted by Crippen LogP contribution is 2.34. The van der Waals surface area contributed by atoms with Crippen molar-refractivity contribution in [3.63, 3.8) is 0 Å². The largest absolute Gasteiger partial charge is 0.416 e. The van der Waals surface area contributed by atoms with E-state index < -0.39 is 11.7 Å².